The standard InChI is InChI=1S/C18H16F2N2O4/c19-13-7-6-12(8-14(13)20)18(25)22-15(17(21)24)9-16(23)26-10-11-4-2-1-3-5-11/h1-8,15H,9-10H2,(H2,21,24)(H,22,25)/t15-/m1/s1. The molecule has 0 spiro atoms. The average molecular weight is 362 g/mol. The van der Waals surface area contributed by atoms with Crippen LogP contribution >= 0.6 is 0 Å². The van der Waals surface area contributed by atoms with Gasteiger partial charge in [-0.3, -0.25) is 14.4 Å². The molecule has 0 bridgehead atoms. The zero-order chi connectivity index (χ0) is 19.1. The van der Waals surface area contributed by atoms with Crippen LogP contribution in [0.2, 0.25) is 0 Å². The SMILES string of the molecule is NC(=O)[C@@H](CC(=O)OCc1ccccc1)NC(=O)c1ccc(F)c(F)c1. The van der Waals surface area contributed by atoms with Gasteiger partial charge in [-0.15, -0.1) is 0 Å². The minimum atomic E-state index is -1.35. The summed E-state index contributed by atoms with van der Waals surface area (Å²) in [6.07, 6.45) is -0.489. The topological polar surface area (TPSA) is 98.5 Å². The molecular formula is C18H16F2N2O4. The van der Waals surface area contributed by atoms with E-state index in [4.69, 9.17) is 10.5 Å². The van der Waals surface area contributed by atoms with Crippen LogP contribution in [0, 0.1) is 11.6 Å². The Morgan fingerprint density at radius 1 is 1.04 bits per heavy atom. The van der Waals surface area contributed by atoms with Gasteiger partial charge in [0.05, 0.1) is 6.42 Å². The van der Waals surface area contributed by atoms with Crippen LogP contribution in [-0.2, 0) is 20.9 Å². The number of nitrogens with one attached hydrogen (secondary N) is 1. The molecule has 0 aliphatic carbocycles. The lowest BCUT2D eigenvalue weighted by molar-refractivity contribution is -0.146. The molecule has 0 radical (unpaired) electrons. The highest BCUT2D eigenvalue weighted by molar-refractivity contribution is 5.98. The van der Waals surface area contributed by atoms with Crippen LogP contribution in [0.25, 0.3) is 0 Å². The van der Waals surface area contributed by atoms with Crippen LogP contribution < -0.4 is 11.1 Å². The van der Waals surface area contributed by atoms with Gasteiger partial charge in [-0.2, -0.15) is 0 Å². The molecule has 0 aromatic heterocycles. The Bertz CT molecular complexity index is 812. The number of benzene rings is 2. The number of carbonyl (C=O) groups is 3. The quantitative estimate of drug-likeness (QED) is 0.732. The van der Waals surface area contributed by atoms with Crippen molar-refractivity contribution in [1.29, 1.82) is 0 Å². The molecule has 2 aromatic carbocycles. The minimum absolute atomic E-state index is 0.00226. The Labute approximate surface area is 147 Å². The summed E-state index contributed by atoms with van der Waals surface area (Å²) in [5, 5.41) is 2.21. The molecule has 0 saturated heterocycles. The number of primary amides is 1. The molecule has 3 N–H and O–H groups in total. The first-order valence-electron chi connectivity index (χ1n) is 7.61. The summed E-state index contributed by atoms with van der Waals surface area (Å²) in [7, 11) is 0. The molecule has 1 atom stereocenters. The second kappa shape index (κ2) is 8.70. The van der Waals surface area contributed by atoms with Gasteiger partial charge < -0.3 is 15.8 Å². The van der Waals surface area contributed by atoms with Crippen molar-refractivity contribution < 1.29 is 27.9 Å². The normalized spacial score (nSPS) is 11.5. The lowest BCUT2D eigenvalue weighted by atomic mass is 10.1. The fraction of sp³-hybridized carbons (Fsp3) is 0.167. The Morgan fingerprint density at radius 2 is 1.73 bits per heavy atom. The van der Waals surface area contributed by atoms with Crippen molar-refractivity contribution in [3.05, 3.63) is 71.3 Å². The van der Waals surface area contributed by atoms with Crippen LogP contribution in [0.3, 0.4) is 0 Å². The van der Waals surface area contributed by atoms with E-state index < -0.39 is 41.9 Å². The zero-order valence-corrected chi connectivity index (χ0v) is 13.6. The van der Waals surface area contributed by atoms with Crippen molar-refractivity contribution in [2.24, 2.45) is 5.73 Å². The van der Waals surface area contributed by atoms with E-state index in [1.54, 1.807) is 24.3 Å². The summed E-state index contributed by atoms with van der Waals surface area (Å²) < 4.78 is 31.1. The smallest absolute Gasteiger partial charge is 0.308 e. The number of carbonyl (C=O) groups excluding carboxylic acids is 3. The number of esters is 1. The lowest BCUT2D eigenvalue weighted by Gasteiger charge is -2.15. The summed E-state index contributed by atoms with van der Waals surface area (Å²) in [4.78, 5) is 35.3. The Hall–Kier alpha value is -3.29. The predicted molar refractivity (Wildman–Crippen MR) is 87.7 cm³/mol. The third kappa shape index (κ3) is 5.37. The number of ether oxygens (including phenoxy) is 1. The third-order valence-electron chi connectivity index (χ3n) is 3.44. The maximum Gasteiger partial charge on any atom is 0.308 e. The van der Waals surface area contributed by atoms with E-state index in [0.717, 1.165) is 17.7 Å². The van der Waals surface area contributed by atoms with E-state index in [9.17, 15) is 23.2 Å². The highest BCUT2D eigenvalue weighted by Gasteiger charge is 2.23. The highest BCUT2D eigenvalue weighted by atomic mass is 19.2. The number of amides is 2. The van der Waals surface area contributed by atoms with E-state index in [-0.39, 0.29) is 12.2 Å². The second-order valence-corrected chi connectivity index (χ2v) is 5.41. The van der Waals surface area contributed by atoms with Gasteiger partial charge in [0.2, 0.25) is 5.91 Å². The third-order valence-corrected chi connectivity index (χ3v) is 3.44. The van der Waals surface area contributed by atoms with Crippen molar-refractivity contribution in [2.75, 3.05) is 0 Å². The van der Waals surface area contributed by atoms with Crippen molar-refractivity contribution in [1.82, 2.24) is 5.32 Å². The first kappa shape index (κ1) is 19.0. The second-order valence-electron chi connectivity index (χ2n) is 5.41. The van der Waals surface area contributed by atoms with E-state index in [1.165, 1.54) is 0 Å². The molecule has 2 rings (SSSR count). The number of hydrogen-bond donors (Lipinski definition) is 2. The summed E-state index contributed by atoms with van der Waals surface area (Å²) in [5.41, 5.74) is 5.71. The maximum atomic E-state index is 13.2. The van der Waals surface area contributed by atoms with Gasteiger partial charge in [-0.25, -0.2) is 8.78 Å². The summed E-state index contributed by atoms with van der Waals surface area (Å²) >= 11 is 0. The first-order valence-corrected chi connectivity index (χ1v) is 7.61. The number of hydrogen-bond acceptors (Lipinski definition) is 4. The summed E-state index contributed by atoms with van der Waals surface area (Å²) in [5.74, 6) is -4.91. The Morgan fingerprint density at radius 3 is 2.35 bits per heavy atom. The fourth-order valence-corrected chi connectivity index (χ4v) is 2.07. The molecule has 2 amide bonds. The first-order chi connectivity index (χ1) is 12.4. The zero-order valence-electron chi connectivity index (χ0n) is 13.6. The largest absolute Gasteiger partial charge is 0.461 e. The fourth-order valence-electron chi connectivity index (χ4n) is 2.07. The summed E-state index contributed by atoms with van der Waals surface area (Å²) in [6.45, 7) is 0.00226. The summed E-state index contributed by atoms with van der Waals surface area (Å²) in [6, 6.07) is 10.0. The van der Waals surface area contributed by atoms with Gasteiger partial charge in [0, 0.05) is 5.56 Å². The van der Waals surface area contributed by atoms with Crippen LogP contribution in [0.5, 0.6) is 0 Å². The maximum absolute atomic E-state index is 13.2. The molecule has 0 aliphatic heterocycles. The van der Waals surface area contributed by atoms with Gasteiger partial charge >= 0.3 is 5.97 Å². The van der Waals surface area contributed by atoms with E-state index >= 15 is 0 Å². The van der Waals surface area contributed by atoms with Crippen LogP contribution in [0.15, 0.2) is 48.5 Å². The van der Waals surface area contributed by atoms with Gasteiger partial charge in [0.15, 0.2) is 11.6 Å². The van der Waals surface area contributed by atoms with E-state index in [0.29, 0.717) is 6.07 Å². The lowest BCUT2D eigenvalue weighted by Crippen LogP contribution is -2.45. The van der Waals surface area contributed by atoms with E-state index in [2.05, 4.69) is 5.32 Å². The van der Waals surface area contributed by atoms with Crippen molar-refractivity contribution in [3.8, 4) is 0 Å². The molecule has 2 aromatic rings. The predicted octanol–water partition coefficient (Wildman–Crippen LogP) is 1.68. The van der Waals surface area contributed by atoms with Crippen LogP contribution in [0.1, 0.15) is 22.3 Å². The van der Waals surface area contributed by atoms with Gasteiger partial charge in [0.25, 0.3) is 5.91 Å². The molecule has 0 saturated carbocycles. The monoisotopic (exact) mass is 362 g/mol. The molecule has 0 unspecified atom stereocenters. The van der Waals surface area contributed by atoms with Gasteiger partial charge in [-0.1, -0.05) is 30.3 Å². The number of nitrogens with two attached hydrogens (primary N) is 1. The van der Waals surface area contributed by atoms with Gasteiger partial charge in [-0.05, 0) is 23.8 Å². The Kier molecular flexibility index (Phi) is 6.37. The molecule has 0 fully saturated rings. The highest BCUT2D eigenvalue weighted by Crippen LogP contribution is 2.09. The minimum Gasteiger partial charge on any atom is -0.461 e. The molecule has 26 heavy (non-hydrogen) atoms. The number of rotatable bonds is 7. The molecule has 6 nitrogen and oxygen atoms in total. The Balaban J connectivity index is 1.95. The molecule has 0 aliphatic rings. The molecular weight excluding hydrogens is 346 g/mol. The average Bonchev–Trinajstić information content (AvgIpc) is 2.62. The number of halogens is 2. The molecule has 8 heteroatoms. The van der Waals surface area contributed by atoms with Crippen molar-refractivity contribution in [3.63, 3.8) is 0 Å². The van der Waals surface area contributed by atoms with Crippen molar-refractivity contribution in [2.45, 2.75) is 19.1 Å². The van der Waals surface area contributed by atoms with E-state index in [1.807, 2.05) is 6.07 Å². The van der Waals surface area contributed by atoms with Crippen molar-refractivity contribution >= 4 is 17.8 Å². The van der Waals surface area contributed by atoms with Gasteiger partial charge in [0.1, 0.15) is 12.6 Å². The molecule has 0 heterocycles. The van der Waals surface area contributed by atoms with Crippen LogP contribution in [0.4, 0.5) is 8.78 Å². The van der Waals surface area contributed by atoms with Crippen LogP contribution in [-0.4, -0.2) is 23.8 Å². The molecule has 136 valence electrons.